The molecule has 0 amide bonds. The molecule has 2 rings (SSSR count). The molecule has 2 aliphatic heterocycles. The van der Waals surface area contributed by atoms with E-state index < -0.39 is 36.9 Å². The summed E-state index contributed by atoms with van der Waals surface area (Å²) in [6, 6.07) is 0. The standard InChI is InChI=1S/C9H16O7/c1-9(2)15-6-5(14-8(11)12)4(3-10)13-7(6)16-9/h4-8,10-12H,3H2,1-2H3/t4-,5+,6-,7?/m1/s1. The van der Waals surface area contributed by atoms with Gasteiger partial charge in [0, 0.05) is 0 Å². The van der Waals surface area contributed by atoms with E-state index >= 15 is 0 Å². The van der Waals surface area contributed by atoms with Crippen molar-refractivity contribution in [2.45, 2.75) is 50.7 Å². The molecule has 0 aromatic heterocycles. The van der Waals surface area contributed by atoms with E-state index in [0.29, 0.717) is 0 Å². The van der Waals surface area contributed by atoms with Gasteiger partial charge in [-0.15, -0.1) is 0 Å². The van der Waals surface area contributed by atoms with E-state index in [1.165, 1.54) is 0 Å². The molecule has 94 valence electrons. The third kappa shape index (κ3) is 2.21. The second-order valence-corrected chi connectivity index (χ2v) is 4.25. The van der Waals surface area contributed by atoms with Crippen molar-refractivity contribution < 1.29 is 34.3 Å². The minimum absolute atomic E-state index is 0.308. The van der Waals surface area contributed by atoms with Gasteiger partial charge in [0.25, 0.3) is 6.48 Å². The summed E-state index contributed by atoms with van der Waals surface area (Å²) in [6.07, 6.45) is -2.69. The highest BCUT2D eigenvalue weighted by atomic mass is 16.9. The van der Waals surface area contributed by atoms with Gasteiger partial charge >= 0.3 is 0 Å². The Bertz CT molecular complexity index is 254. The van der Waals surface area contributed by atoms with Crippen molar-refractivity contribution in [3.63, 3.8) is 0 Å². The van der Waals surface area contributed by atoms with Gasteiger partial charge in [-0.25, -0.2) is 0 Å². The maximum atomic E-state index is 9.06. The molecule has 7 nitrogen and oxygen atoms in total. The van der Waals surface area contributed by atoms with E-state index in [1.807, 2.05) is 0 Å². The molecule has 2 aliphatic rings. The van der Waals surface area contributed by atoms with Gasteiger partial charge in [0.15, 0.2) is 12.1 Å². The van der Waals surface area contributed by atoms with Crippen LogP contribution in [0.15, 0.2) is 0 Å². The van der Waals surface area contributed by atoms with Crippen molar-refractivity contribution in [1.82, 2.24) is 0 Å². The number of fused-ring (bicyclic) bond motifs is 1. The Morgan fingerprint density at radius 1 is 1.31 bits per heavy atom. The summed E-state index contributed by atoms with van der Waals surface area (Å²) in [5.41, 5.74) is 0. The lowest BCUT2D eigenvalue weighted by molar-refractivity contribution is -0.286. The molecule has 0 aromatic carbocycles. The molecular weight excluding hydrogens is 220 g/mol. The van der Waals surface area contributed by atoms with Crippen molar-refractivity contribution >= 4 is 0 Å². The molecule has 0 radical (unpaired) electrons. The highest BCUT2D eigenvalue weighted by molar-refractivity contribution is 4.93. The molecule has 1 unspecified atom stereocenters. The Hall–Kier alpha value is -0.280. The topological polar surface area (TPSA) is 97.6 Å². The molecule has 0 bridgehead atoms. The molecule has 0 aliphatic carbocycles. The Labute approximate surface area is 92.5 Å². The van der Waals surface area contributed by atoms with Crippen LogP contribution in [0.25, 0.3) is 0 Å². The summed E-state index contributed by atoms with van der Waals surface area (Å²) < 4.78 is 21.1. The molecule has 2 heterocycles. The molecule has 7 heteroatoms. The van der Waals surface area contributed by atoms with Gasteiger partial charge in [0.2, 0.25) is 0 Å². The van der Waals surface area contributed by atoms with Gasteiger partial charge in [0.1, 0.15) is 18.3 Å². The average Bonchev–Trinajstić information content (AvgIpc) is 2.59. The summed E-state index contributed by atoms with van der Waals surface area (Å²) in [5.74, 6) is -0.808. The predicted molar refractivity (Wildman–Crippen MR) is 48.9 cm³/mol. The zero-order valence-corrected chi connectivity index (χ0v) is 9.07. The summed E-state index contributed by atoms with van der Waals surface area (Å²) in [5, 5.41) is 26.6. The maximum absolute atomic E-state index is 9.06. The quantitative estimate of drug-likeness (QED) is 0.513. The molecule has 0 saturated carbocycles. The maximum Gasteiger partial charge on any atom is 0.266 e. The monoisotopic (exact) mass is 236 g/mol. The van der Waals surface area contributed by atoms with Crippen LogP contribution < -0.4 is 0 Å². The van der Waals surface area contributed by atoms with Crippen LogP contribution in [0.5, 0.6) is 0 Å². The minimum Gasteiger partial charge on any atom is -0.394 e. The van der Waals surface area contributed by atoms with Crippen LogP contribution >= 0.6 is 0 Å². The highest BCUT2D eigenvalue weighted by Gasteiger charge is 2.55. The van der Waals surface area contributed by atoms with Crippen molar-refractivity contribution in [3.05, 3.63) is 0 Å². The molecule has 3 N–H and O–H groups in total. The highest BCUT2D eigenvalue weighted by Crippen LogP contribution is 2.38. The first kappa shape index (κ1) is 12.2. The van der Waals surface area contributed by atoms with Gasteiger partial charge in [-0.2, -0.15) is 0 Å². The molecule has 0 spiro atoms. The molecule has 2 saturated heterocycles. The van der Waals surface area contributed by atoms with Crippen molar-refractivity contribution in [2.24, 2.45) is 0 Å². The van der Waals surface area contributed by atoms with E-state index in [2.05, 4.69) is 0 Å². The fourth-order valence-corrected chi connectivity index (χ4v) is 2.00. The fraction of sp³-hybridized carbons (Fsp3) is 1.00. The third-order valence-corrected chi connectivity index (χ3v) is 2.55. The first-order chi connectivity index (χ1) is 7.43. The summed E-state index contributed by atoms with van der Waals surface area (Å²) in [7, 11) is 0. The number of rotatable bonds is 3. The number of ether oxygens (including phenoxy) is 4. The van der Waals surface area contributed by atoms with Crippen LogP contribution in [0.4, 0.5) is 0 Å². The largest absolute Gasteiger partial charge is 0.394 e. The van der Waals surface area contributed by atoms with E-state index in [0.717, 1.165) is 0 Å². The van der Waals surface area contributed by atoms with Crippen LogP contribution in [-0.4, -0.2) is 58.8 Å². The van der Waals surface area contributed by atoms with Gasteiger partial charge in [-0.05, 0) is 13.8 Å². The molecule has 4 atom stereocenters. The van der Waals surface area contributed by atoms with Crippen molar-refractivity contribution in [3.8, 4) is 0 Å². The lowest BCUT2D eigenvalue weighted by Gasteiger charge is -2.25. The lowest BCUT2D eigenvalue weighted by Crippen LogP contribution is -2.40. The zero-order valence-electron chi connectivity index (χ0n) is 9.07. The fourth-order valence-electron chi connectivity index (χ4n) is 2.00. The Morgan fingerprint density at radius 2 is 2.00 bits per heavy atom. The Kier molecular flexibility index (Phi) is 3.19. The van der Waals surface area contributed by atoms with Crippen LogP contribution in [0, 0.1) is 0 Å². The summed E-state index contributed by atoms with van der Waals surface area (Å²) in [6.45, 7) is 1.19. The van der Waals surface area contributed by atoms with Crippen LogP contribution in [-0.2, 0) is 18.9 Å². The summed E-state index contributed by atoms with van der Waals surface area (Å²) in [4.78, 5) is 0. The third-order valence-electron chi connectivity index (χ3n) is 2.55. The smallest absolute Gasteiger partial charge is 0.266 e. The SMILES string of the molecule is CC1(C)OC2O[C@H](CO)[C@H](OC(O)O)[C@H]2O1. The summed E-state index contributed by atoms with van der Waals surface area (Å²) >= 11 is 0. The van der Waals surface area contributed by atoms with Gasteiger partial charge < -0.3 is 34.3 Å². The number of hydrogen-bond acceptors (Lipinski definition) is 7. The van der Waals surface area contributed by atoms with E-state index in [4.69, 9.17) is 34.3 Å². The lowest BCUT2D eigenvalue weighted by atomic mass is 10.1. The van der Waals surface area contributed by atoms with Gasteiger partial charge in [-0.1, -0.05) is 0 Å². The Morgan fingerprint density at radius 3 is 2.56 bits per heavy atom. The molecule has 16 heavy (non-hydrogen) atoms. The molecule has 0 aromatic rings. The normalized spacial score (nSPS) is 41.6. The van der Waals surface area contributed by atoms with E-state index in [1.54, 1.807) is 13.8 Å². The van der Waals surface area contributed by atoms with Crippen molar-refractivity contribution in [2.75, 3.05) is 6.61 Å². The first-order valence-corrected chi connectivity index (χ1v) is 5.06. The molecule has 2 fully saturated rings. The predicted octanol–water partition coefficient (Wildman–Crippen LogP) is -1.49. The number of hydrogen-bond donors (Lipinski definition) is 3. The van der Waals surface area contributed by atoms with Gasteiger partial charge in [0.05, 0.1) is 6.61 Å². The minimum atomic E-state index is -1.94. The average molecular weight is 236 g/mol. The van der Waals surface area contributed by atoms with E-state index in [9.17, 15) is 0 Å². The number of aliphatic hydroxyl groups is 3. The Balaban J connectivity index is 2.07. The van der Waals surface area contributed by atoms with Crippen LogP contribution in [0.2, 0.25) is 0 Å². The second-order valence-electron chi connectivity index (χ2n) is 4.25. The van der Waals surface area contributed by atoms with E-state index in [-0.39, 0.29) is 6.61 Å². The van der Waals surface area contributed by atoms with Crippen LogP contribution in [0.3, 0.4) is 0 Å². The first-order valence-electron chi connectivity index (χ1n) is 5.06. The van der Waals surface area contributed by atoms with Crippen LogP contribution in [0.1, 0.15) is 13.8 Å². The van der Waals surface area contributed by atoms with Crippen molar-refractivity contribution in [1.29, 1.82) is 0 Å². The molecular formula is C9H16O7. The second kappa shape index (κ2) is 4.19. The zero-order chi connectivity index (χ0) is 11.9. The number of aliphatic hydroxyl groups excluding tert-OH is 2. The van der Waals surface area contributed by atoms with Gasteiger partial charge in [-0.3, -0.25) is 0 Å².